The molecule has 15 heavy (non-hydrogen) atoms. The number of thiophene rings is 1. The van der Waals surface area contributed by atoms with Crippen LogP contribution in [-0.4, -0.2) is 18.7 Å². The molecule has 78 valence electrons. The summed E-state index contributed by atoms with van der Waals surface area (Å²) < 4.78 is 7.34. The minimum atomic E-state index is -0.776. The molecule has 0 spiro atoms. The van der Waals surface area contributed by atoms with Gasteiger partial charge in [0.1, 0.15) is 0 Å². The van der Waals surface area contributed by atoms with Gasteiger partial charge in [-0.1, -0.05) is 25.1 Å². The molecule has 1 heterocycles. The van der Waals surface area contributed by atoms with Crippen molar-refractivity contribution < 1.29 is 9.68 Å². The molecule has 1 aromatic heterocycles. The van der Waals surface area contributed by atoms with Gasteiger partial charge in [0.05, 0.1) is 0 Å². The number of benzene rings is 1. The van der Waals surface area contributed by atoms with Gasteiger partial charge in [-0.05, 0) is 23.9 Å². The van der Waals surface area contributed by atoms with E-state index >= 15 is 0 Å². The molecule has 1 aromatic carbocycles. The minimum Gasteiger partial charge on any atom is -0.423 e. The van der Waals surface area contributed by atoms with Crippen LogP contribution in [-0.2, 0) is 4.65 Å². The lowest BCUT2D eigenvalue weighted by Gasteiger charge is -2.03. The van der Waals surface area contributed by atoms with Crippen LogP contribution in [0.2, 0.25) is 0 Å². The summed E-state index contributed by atoms with van der Waals surface area (Å²) in [4.78, 5) is 0. The molecule has 0 unspecified atom stereocenters. The second-order valence-corrected chi connectivity index (χ2v) is 4.53. The van der Waals surface area contributed by atoms with Crippen molar-refractivity contribution in [2.45, 2.75) is 13.3 Å². The van der Waals surface area contributed by atoms with Gasteiger partial charge >= 0.3 is 7.12 Å². The Balaban J connectivity index is 2.20. The highest BCUT2D eigenvalue weighted by Crippen LogP contribution is 2.18. The Morgan fingerprint density at radius 2 is 2.20 bits per heavy atom. The van der Waals surface area contributed by atoms with Crippen LogP contribution < -0.4 is 4.78 Å². The standard InChI is InChI=1S/C11H13BO2S/c1-2-7-14-12(13)11-8-9-5-3-4-6-10(9)15-11/h3-6,8,13H,2,7H2,1H3. The number of fused-ring (bicyclic) bond motifs is 1. The van der Waals surface area contributed by atoms with E-state index in [1.807, 2.05) is 31.2 Å². The fraction of sp³-hybridized carbons (Fsp3) is 0.273. The second kappa shape index (κ2) is 4.79. The molecule has 0 atom stereocenters. The van der Waals surface area contributed by atoms with Crippen LogP contribution in [0.25, 0.3) is 10.1 Å². The zero-order chi connectivity index (χ0) is 10.7. The lowest BCUT2D eigenvalue weighted by atomic mass is 9.88. The molecular formula is C11H13BO2S. The van der Waals surface area contributed by atoms with Crippen molar-refractivity contribution in [1.29, 1.82) is 0 Å². The molecule has 0 fully saturated rings. The van der Waals surface area contributed by atoms with Crippen molar-refractivity contribution >= 4 is 33.3 Å². The van der Waals surface area contributed by atoms with Crippen molar-refractivity contribution in [3.63, 3.8) is 0 Å². The molecule has 0 saturated heterocycles. The van der Waals surface area contributed by atoms with E-state index in [1.54, 1.807) is 11.3 Å². The van der Waals surface area contributed by atoms with E-state index in [0.29, 0.717) is 6.61 Å². The van der Waals surface area contributed by atoms with Crippen LogP contribution in [0.4, 0.5) is 0 Å². The zero-order valence-corrected chi connectivity index (χ0v) is 9.46. The van der Waals surface area contributed by atoms with E-state index in [1.165, 1.54) is 4.70 Å². The van der Waals surface area contributed by atoms with Gasteiger partial charge in [-0.25, -0.2) is 0 Å². The van der Waals surface area contributed by atoms with Gasteiger partial charge in [0.25, 0.3) is 0 Å². The average molecular weight is 220 g/mol. The minimum absolute atomic E-state index is 0.593. The van der Waals surface area contributed by atoms with Crippen LogP contribution >= 0.6 is 11.3 Å². The molecule has 2 nitrogen and oxygen atoms in total. The smallest absolute Gasteiger partial charge is 0.423 e. The lowest BCUT2D eigenvalue weighted by Crippen LogP contribution is -2.31. The predicted molar refractivity (Wildman–Crippen MR) is 65.7 cm³/mol. The predicted octanol–water partition coefficient (Wildman–Crippen LogP) is 2.02. The molecule has 0 aliphatic rings. The summed E-state index contributed by atoms with van der Waals surface area (Å²) in [6.45, 7) is 2.62. The van der Waals surface area contributed by atoms with E-state index in [-0.39, 0.29) is 0 Å². The van der Waals surface area contributed by atoms with Crippen molar-refractivity contribution in [2.75, 3.05) is 6.61 Å². The van der Waals surface area contributed by atoms with Crippen LogP contribution in [0.5, 0.6) is 0 Å². The Bertz CT molecular complexity index is 408. The summed E-state index contributed by atoms with van der Waals surface area (Å²) in [5.74, 6) is 0. The van der Waals surface area contributed by atoms with Gasteiger partial charge in [0, 0.05) is 16.1 Å². The highest BCUT2D eigenvalue weighted by molar-refractivity contribution is 7.28. The van der Waals surface area contributed by atoms with Gasteiger partial charge in [-0.15, -0.1) is 11.3 Å². The molecule has 4 heteroatoms. The van der Waals surface area contributed by atoms with Gasteiger partial charge in [-0.2, -0.15) is 0 Å². The molecule has 0 aliphatic carbocycles. The van der Waals surface area contributed by atoms with Gasteiger partial charge in [0.15, 0.2) is 0 Å². The molecule has 0 saturated carbocycles. The topological polar surface area (TPSA) is 29.5 Å². The Morgan fingerprint density at radius 3 is 2.93 bits per heavy atom. The molecule has 2 aromatic rings. The first-order valence-corrected chi connectivity index (χ1v) is 5.91. The summed E-state index contributed by atoms with van der Waals surface area (Å²) >= 11 is 1.58. The maximum absolute atomic E-state index is 9.74. The summed E-state index contributed by atoms with van der Waals surface area (Å²) in [5, 5.41) is 10.9. The Hall–Kier alpha value is -0.835. The van der Waals surface area contributed by atoms with Crippen LogP contribution in [0.3, 0.4) is 0 Å². The van der Waals surface area contributed by atoms with Gasteiger partial charge in [-0.3, -0.25) is 0 Å². The first kappa shape index (κ1) is 10.7. The molecule has 0 bridgehead atoms. The fourth-order valence-electron chi connectivity index (χ4n) is 1.44. The van der Waals surface area contributed by atoms with E-state index in [0.717, 1.165) is 16.6 Å². The van der Waals surface area contributed by atoms with Gasteiger partial charge in [0.2, 0.25) is 0 Å². The van der Waals surface area contributed by atoms with E-state index in [9.17, 15) is 5.02 Å². The Morgan fingerprint density at radius 1 is 1.40 bits per heavy atom. The third-order valence-corrected chi connectivity index (χ3v) is 3.31. The summed E-state index contributed by atoms with van der Waals surface area (Å²) in [7, 11) is -0.776. The third-order valence-electron chi connectivity index (χ3n) is 2.17. The molecular weight excluding hydrogens is 207 g/mol. The summed E-state index contributed by atoms with van der Waals surface area (Å²) in [5.41, 5.74) is 0. The Kier molecular flexibility index (Phi) is 3.41. The van der Waals surface area contributed by atoms with Gasteiger partial charge < -0.3 is 9.68 Å². The lowest BCUT2D eigenvalue weighted by molar-refractivity contribution is 0.271. The van der Waals surface area contributed by atoms with Crippen LogP contribution in [0, 0.1) is 0 Å². The SMILES string of the molecule is CCCOB(O)c1cc2ccccc2s1. The van der Waals surface area contributed by atoms with E-state index in [4.69, 9.17) is 4.65 Å². The normalized spacial score (nSPS) is 10.8. The van der Waals surface area contributed by atoms with Crippen LogP contribution in [0.15, 0.2) is 30.3 Å². The van der Waals surface area contributed by atoms with Crippen molar-refractivity contribution in [3.8, 4) is 0 Å². The van der Waals surface area contributed by atoms with Crippen molar-refractivity contribution in [3.05, 3.63) is 30.3 Å². The summed E-state index contributed by atoms with van der Waals surface area (Å²) in [6.07, 6.45) is 0.919. The monoisotopic (exact) mass is 220 g/mol. The van der Waals surface area contributed by atoms with Crippen molar-refractivity contribution in [2.24, 2.45) is 0 Å². The average Bonchev–Trinajstić information content (AvgIpc) is 2.69. The van der Waals surface area contributed by atoms with Crippen LogP contribution in [0.1, 0.15) is 13.3 Å². The highest BCUT2D eigenvalue weighted by Gasteiger charge is 2.18. The highest BCUT2D eigenvalue weighted by atomic mass is 32.1. The maximum atomic E-state index is 9.74. The molecule has 0 radical (unpaired) electrons. The first-order chi connectivity index (χ1) is 7.31. The molecule has 0 amide bonds. The zero-order valence-electron chi connectivity index (χ0n) is 8.64. The fourth-order valence-corrected chi connectivity index (χ4v) is 2.44. The number of hydrogen-bond donors (Lipinski definition) is 1. The largest absolute Gasteiger partial charge is 0.501 e. The van der Waals surface area contributed by atoms with E-state index in [2.05, 4.69) is 6.07 Å². The maximum Gasteiger partial charge on any atom is 0.501 e. The summed E-state index contributed by atoms with van der Waals surface area (Å²) in [6, 6.07) is 10.1. The number of hydrogen-bond acceptors (Lipinski definition) is 3. The third kappa shape index (κ3) is 2.40. The van der Waals surface area contributed by atoms with Crippen molar-refractivity contribution in [1.82, 2.24) is 0 Å². The van der Waals surface area contributed by atoms with E-state index < -0.39 is 7.12 Å². The number of rotatable bonds is 4. The Labute approximate surface area is 93.6 Å². The quantitative estimate of drug-likeness (QED) is 0.798. The molecule has 0 aliphatic heterocycles. The second-order valence-electron chi connectivity index (χ2n) is 3.41. The first-order valence-electron chi connectivity index (χ1n) is 5.09. The molecule has 2 rings (SSSR count). The molecule has 1 N–H and O–H groups in total.